The van der Waals surface area contributed by atoms with Crippen molar-refractivity contribution >= 4 is 57.7 Å². The Kier molecular flexibility index (Phi) is 6.50. The van der Waals surface area contributed by atoms with Crippen molar-refractivity contribution in [1.82, 2.24) is 0 Å². The molecule has 0 saturated carbocycles. The van der Waals surface area contributed by atoms with Gasteiger partial charge >= 0.3 is 0 Å². The van der Waals surface area contributed by atoms with Gasteiger partial charge in [-0.05, 0) is 54.6 Å². The third kappa shape index (κ3) is 4.96. The highest BCUT2D eigenvalue weighted by atomic mass is 35.5. The zero-order chi connectivity index (χ0) is 22.7. The molecule has 10 heteroatoms. The van der Waals surface area contributed by atoms with Gasteiger partial charge in [0.05, 0.1) is 21.5 Å². The number of carbonyl (C=O) groups excluding carboxylic acids is 3. The molecule has 2 aromatic carbocycles. The van der Waals surface area contributed by atoms with Gasteiger partial charge in [-0.1, -0.05) is 11.6 Å². The lowest BCUT2D eigenvalue weighted by Crippen LogP contribution is -2.41. The van der Waals surface area contributed by atoms with Crippen molar-refractivity contribution in [3.8, 4) is 0 Å². The number of thiophene rings is 1. The predicted octanol–water partition coefficient (Wildman–Crippen LogP) is 4.41. The van der Waals surface area contributed by atoms with E-state index in [2.05, 4.69) is 10.6 Å². The number of morpholine rings is 1. The van der Waals surface area contributed by atoms with Crippen molar-refractivity contribution in [2.75, 3.05) is 35.3 Å². The van der Waals surface area contributed by atoms with Crippen LogP contribution in [0.4, 0.5) is 21.5 Å². The molecule has 0 spiro atoms. The fraction of sp³-hybridized carbons (Fsp3) is 0.136. The van der Waals surface area contributed by atoms with E-state index in [0.29, 0.717) is 33.7 Å². The van der Waals surface area contributed by atoms with Crippen LogP contribution in [0.15, 0.2) is 54.6 Å². The number of hydrogen-bond acceptors (Lipinski definition) is 5. The Bertz CT molecular complexity index is 1180. The maximum Gasteiger partial charge on any atom is 0.265 e. The Morgan fingerprint density at radius 3 is 2.50 bits per heavy atom. The summed E-state index contributed by atoms with van der Waals surface area (Å²) >= 11 is 6.90. The molecule has 0 unspecified atom stereocenters. The smallest absolute Gasteiger partial charge is 0.265 e. The largest absolute Gasteiger partial charge is 0.370 e. The molecule has 1 aliphatic heterocycles. The van der Waals surface area contributed by atoms with Crippen molar-refractivity contribution < 1.29 is 23.5 Å². The van der Waals surface area contributed by atoms with Crippen LogP contribution < -0.4 is 15.5 Å². The van der Waals surface area contributed by atoms with Crippen LogP contribution in [0.1, 0.15) is 20.0 Å². The fourth-order valence-electron chi connectivity index (χ4n) is 3.10. The molecule has 1 fully saturated rings. The maximum atomic E-state index is 14.2. The molecule has 7 nitrogen and oxygen atoms in total. The van der Waals surface area contributed by atoms with E-state index in [1.54, 1.807) is 35.2 Å². The van der Waals surface area contributed by atoms with E-state index in [0.717, 1.165) is 17.4 Å². The summed E-state index contributed by atoms with van der Waals surface area (Å²) < 4.78 is 19.7. The highest BCUT2D eigenvalue weighted by Crippen LogP contribution is 2.24. The number of amides is 3. The average molecular weight is 474 g/mol. The first-order chi connectivity index (χ1) is 15.4. The first-order valence-electron chi connectivity index (χ1n) is 9.56. The van der Waals surface area contributed by atoms with Crippen molar-refractivity contribution in [2.24, 2.45) is 0 Å². The van der Waals surface area contributed by atoms with Gasteiger partial charge in [-0.2, -0.15) is 0 Å². The zero-order valence-electron chi connectivity index (χ0n) is 16.6. The van der Waals surface area contributed by atoms with Crippen LogP contribution in [0, 0.1) is 5.82 Å². The van der Waals surface area contributed by atoms with Crippen LogP contribution in [0.3, 0.4) is 0 Å². The number of nitrogens with zero attached hydrogens (tertiary/aromatic N) is 1. The second kappa shape index (κ2) is 9.47. The summed E-state index contributed by atoms with van der Waals surface area (Å²) in [6.45, 7) is 0.973. The minimum absolute atomic E-state index is 0.0431. The zero-order valence-corrected chi connectivity index (χ0v) is 18.1. The first-order valence-corrected chi connectivity index (χ1v) is 10.8. The van der Waals surface area contributed by atoms with E-state index in [1.807, 2.05) is 0 Å². The summed E-state index contributed by atoms with van der Waals surface area (Å²) in [7, 11) is 0. The molecular weight excluding hydrogens is 457 g/mol. The molecule has 1 aliphatic rings. The number of benzene rings is 2. The molecule has 0 aliphatic carbocycles. The highest BCUT2D eigenvalue weighted by molar-refractivity contribution is 7.18. The van der Waals surface area contributed by atoms with Gasteiger partial charge in [0.1, 0.15) is 12.4 Å². The van der Waals surface area contributed by atoms with Crippen molar-refractivity contribution in [3.63, 3.8) is 0 Å². The van der Waals surface area contributed by atoms with E-state index in [-0.39, 0.29) is 23.8 Å². The molecule has 4 rings (SSSR count). The van der Waals surface area contributed by atoms with Gasteiger partial charge in [-0.15, -0.1) is 11.3 Å². The summed E-state index contributed by atoms with van der Waals surface area (Å²) in [6, 6.07) is 13.6. The molecule has 2 N–H and O–H groups in total. The highest BCUT2D eigenvalue weighted by Gasteiger charge is 2.20. The molecule has 0 bridgehead atoms. The number of hydrogen-bond donors (Lipinski definition) is 2. The van der Waals surface area contributed by atoms with Crippen LogP contribution in [-0.4, -0.2) is 37.5 Å². The van der Waals surface area contributed by atoms with Gasteiger partial charge in [-0.25, -0.2) is 4.39 Å². The van der Waals surface area contributed by atoms with E-state index in [1.165, 1.54) is 18.2 Å². The van der Waals surface area contributed by atoms with Crippen LogP contribution in [-0.2, 0) is 9.53 Å². The standard InChI is InChI=1S/C22H17ClFN3O4S/c23-19-8-7-18(32-19)22(30)26-17-11-13(1-6-16(17)24)21(29)25-14-2-4-15(5-3-14)27-9-10-31-12-20(27)28/h1-8,11H,9-10,12H2,(H,25,29)(H,26,30). The van der Waals surface area contributed by atoms with Gasteiger partial charge in [0.15, 0.2) is 0 Å². The lowest BCUT2D eigenvalue weighted by Gasteiger charge is -2.26. The topological polar surface area (TPSA) is 87.7 Å². The van der Waals surface area contributed by atoms with Crippen LogP contribution in [0.2, 0.25) is 4.34 Å². The van der Waals surface area contributed by atoms with E-state index in [4.69, 9.17) is 16.3 Å². The van der Waals surface area contributed by atoms with E-state index in [9.17, 15) is 18.8 Å². The SMILES string of the molecule is O=C(Nc1ccc(N2CCOCC2=O)cc1)c1ccc(F)c(NC(=O)c2ccc(Cl)s2)c1. The molecule has 0 atom stereocenters. The Labute approximate surface area is 191 Å². The molecule has 2 heterocycles. The lowest BCUT2D eigenvalue weighted by atomic mass is 10.1. The Morgan fingerprint density at radius 1 is 1.03 bits per heavy atom. The van der Waals surface area contributed by atoms with Gasteiger partial charge in [-0.3, -0.25) is 14.4 Å². The van der Waals surface area contributed by atoms with Gasteiger partial charge in [0.2, 0.25) is 0 Å². The molecular formula is C22H17ClFN3O4S. The van der Waals surface area contributed by atoms with Crippen molar-refractivity contribution in [2.45, 2.75) is 0 Å². The average Bonchev–Trinajstić information content (AvgIpc) is 3.23. The summed E-state index contributed by atoms with van der Waals surface area (Å²) in [5.74, 6) is -1.79. The first kappa shape index (κ1) is 21.9. The molecule has 1 saturated heterocycles. The predicted molar refractivity (Wildman–Crippen MR) is 121 cm³/mol. The minimum atomic E-state index is -0.669. The third-order valence-corrected chi connectivity index (χ3v) is 5.93. The number of nitrogens with one attached hydrogen (secondary N) is 2. The molecule has 3 amide bonds. The second-order valence-corrected chi connectivity index (χ2v) is 8.57. The van der Waals surface area contributed by atoms with Crippen LogP contribution in [0.5, 0.6) is 0 Å². The summed E-state index contributed by atoms with van der Waals surface area (Å²) in [5.41, 5.74) is 1.26. The van der Waals surface area contributed by atoms with E-state index < -0.39 is 17.6 Å². The number of anilines is 3. The third-order valence-electron chi connectivity index (χ3n) is 4.70. The Morgan fingerprint density at radius 2 is 1.81 bits per heavy atom. The monoisotopic (exact) mass is 473 g/mol. The molecule has 3 aromatic rings. The van der Waals surface area contributed by atoms with Crippen LogP contribution >= 0.6 is 22.9 Å². The summed E-state index contributed by atoms with van der Waals surface area (Å²) in [4.78, 5) is 38.8. The number of halogens is 2. The summed E-state index contributed by atoms with van der Waals surface area (Å²) in [6.07, 6.45) is 0. The fourth-order valence-corrected chi connectivity index (χ4v) is 4.04. The van der Waals surface area contributed by atoms with E-state index >= 15 is 0 Å². The Balaban J connectivity index is 1.44. The van der Waals surface area contributed by atoms with Gasteiger partial charge in [0, 0.05) is 23.5 Å². The summed E-state index contributed by atoms with van der Waals surface area (Å²) in [5, 5.41) is 5.17. The minimum Gasteiger partial charge on any atom is -0.370 e. The molecule has 164 valence electrons. The molecule has 32 heavy (non-hydrogen) atoms. The number of ether oxygens (including phenoxy) is 1. The normalized spacial score (nSPS) is 13.7. The maximum absolute atomic E-state index is 14.2. The molecule has 0 radical (unpaired) electrons. The van der Waals surface area contributed by atoms with Gasteiger partial charge < -0.3 is 20.3 Å². The van der Waals surface area contributed by atoms with Crippen molar-refractivity contribution in [1.29, 1.82) is 0 Å². The number of rotatable bonds is 5. The Hall–Kier alpha value is -3.27. The lowest BCUT2D eigenvalue weighted by molar-refractivity contribution is -0.125. The van der Waals surface area contributed by atoms with Crippen LogP contribution in [0.25, 0.3) is 0 Å². The number of carbonyl (C=O) groups is 3. The van der Waals surface area contributed by atoms with Crippen molar-refractivity contribution in [3.05, 3.63) is 75.2 Å². The molecule has 1 aromatic heterocycles. The second-order valence-electron chi connectivity index (χ2n) is 6.85. The quantitative estimate of drug-likeness (QED) is 0.574. The van der Waals surface area contributed by atoms with Gasteiger partial charge in [0.25, 0.3) is 17.7 Å².